The van der Waals surface area contributed by atoms with E-state index in [2.05, 4.69) is 101 Å². The zero-order valence-corrected chi connectivity index (χ0v) is 19.6. The van der Waals surface area contributed by atoms with E-state index in [1.54, 1.807) is 0 Å². The van der Waals surface area contributed by atoms with E-state index in [1.165, 1.54) is 22.4 Å². The molecule has 0 bridgehead atoms. The third-order valence-corrected chi connectivity index (χ3v) is 4.95. The normalized spacial score (nSPS) is 11.3. The number of hydrogen-bond acceptors (Lipinski definition) is 2. The van der Waals surface area contributed by atoms with E-state index in [1.807, 2.05) is 31.3 Å². The molecule has 0 amide bonds. The van der Waals surface area contributed by atoms with Gasteiger partial charge in [-0.1, -0.05) is 102 Å². The lowest BCUT2D eigenvalue weighted by Gasteiger charge is -2.22. The molecular formula is C28H37NO. The molecule has 0 fully saturated rings. The molecule has 0 aliphatic heterocycles. The summed E-state index contributed by atoms with van der Waals surface area (Å²) in [6.07, 6.45) is 0. The maximum absolute atomic E-state index is 5.83. The number of anilines is 1. The highest BCUT2D eigenvalue weighted by Crippen LogP contribution is 2.28. The molecule has 2 heteroatoms. The van der Waals surface area contributed by atoms with E-state index in [0.717, 1.165) is 5.75 Å². The predicted octanol–water partition coefficient (Wildman–Crippen LogP) is 7.59. The lowest BCUT2D eigenvalue weighted by Crippen LogP contribution is -2.13. The van der Waals surface area contributed by atoms with Gasteiger partial charge in [0, 0.05) is 12.7 Å². The molecular weight excluding hydrogens is 366 g/mol. The van der Waals surface area contributed by atoms with E-state index in [4.69, 9.17) is 4.74 Å². The quantitative estimate of drug-likeness (QED) is 0.484. The van der Waals surface area contributed by atoms with Gasteiger partial charge in [0.2, 0.25) is 0 Å². The lowest BCUT2D eigenvalue weighted by atomic mass is 9.86. The van der Waals surface area contributed by atoms with E-state index >= 15 is 0 Å². The van der Waals surface area contributed by atoms with Crippen LogP contribution in [0.15, 0.2) is 78.9 Å². The van der Waals surface area contributed by atoms with E-state index in [0.29, 0.717) is 6.61 Å². The SMILES string of the molecule is CC(C)(C)c1cccc(OCc2ccccc2)c1.CNc1ccccc1C(C)(C)C. The Morgan fingerprint density at radius 1 is 0.700 bits per heavy atom. The van der Waals surface area contributed by atoms with Gasteiger partial charge < -0.3 is 10.1 Å². The van der Waals surface area contributed by atoms with Gasteiger partial charge in [-0.15, -0.1) is 0 Å². The molecule has 0 saturated heterocycles. The number of nitrogens with one attached hydrogen (secondary N) is 1. The van der Waals surface area contributed by atoms with Crippen LogP contribution in [0.1, 0.15) is 58.2 Å². The first kappa shape index (κ1) is 23.5. The lowest BCUT2D eigenvalue weighted by molar-refractivity contribution is 0.305. The zero-order valence-electron chi connectivity index (χ0n) is 19.6. The molecule has 0 aliphatic rings. The summed E-state index contributed by atoms with van der Waals surface area (Å²) in [6, 6.07) is 27.0. The zero-order chi connectivity index (χ0) is 22.2. The number of ether oxygens (including phenoxy) is 1. The van der Waals surface area contributed by atoms with Crippen molar-refractivity contribution in [2.24, 2.45) is 0 Å². The van der Waals surface area contributed by atoms with Gasteiger partial charge in [-0.2, -0.15) is 0 Å². The summed E-state index contributed by atoms with van der Waals surface area (Å²) in [4.78, 5) is 0. The molecule has 2 nitrogen and oxygen atoms in total. The van der Waals surface area contributed by atoms with Crippen molar-refractivity contribution in [2.75, 3.05) is 12.4 Å². The summed E-state index contributed by atoms with van der Waals surface area (Å²) in [5.41, 5.74) is 5.47. The highest BCUT2D eigenvalue weighted by molar-refractivity contribution is 5.53. The molecule has 0 aliphatic carbocycles. The Bertz CT molecular complexity index is 902. The largest absolute Gasteiger partial charge is 0.489 e. The summed E-state index contributed by atoms with van der Waals surface area (Å²) in [5.74, 6) is 0.936. The van der Waals surface area contributed by atoms with Crippen LogP contribution in [-0.4, -0.2) is 7.05 Å². The van der Waals surface area contributed by atoms with Crippen LogP contribution < -0.4 is 10.1 Å². The summed E-state index contributed by atoms with van der Waals surface area (Å²) < 4.78 is 5.83. The summed E-state index contributed by atoms with van der Waals surface area (Å²) in [5, 5.41) is 3.20. The molecule has 3 aromatic carbocycles. The molecule has 0 aromatic heterocycles. The molecule has 0 atom stereocenters. The predicted molar refractivity (Wildman–Crippen MR) is 131 cm³/mol. The van der Waals surface area contributed by atoms with E-state index in [-0.39, 0.29) is 10.8 Å². The maximum Gasteiger partial charge on any atom is 0.120 e. The fraction of sp³-hybridized carbons (Fsp3) is 0.357. The number of para-hydroxylation sites is 1. The highest BCUT2D eigenvalue weighted by atomic mass is 16.5. The van der Waals surface area contributed by atoms with Gasteiger partial charge in [-0.25, -0.2) is 0 Å². The minimum Gasteiger partial charge on any atom is -0.489 e. The van der Waals surface area contributed by atoms with Crippen molar-refractivity contribution < 1.29 is 4.74 Å². The fourth-order valence-electron chi connectivity index (χ4n) is 3.15. The minimum atomic E-state index is 0.159. The summed E-state index contributed by atoms with van der Waals surface area (Å²) >= 11 is 0. The van der Waals surface area contributed by atoms with Gasteiger partial charge in [-0.05, 0) is 45.7 Å². The average Bonchev–Trinajstić information content (AvgIpc) is 2.72. The topological polar surface area (TPSA) is 21.3 Å². The van der Waals surface area contributed by atoms with Crippen LogP contribution in [0.5, 0.6) is 5.75 Å². The van der Waals surface area contributed by atoms with Gasteiger partial charge in [0.05, 0.1) is 0 Å². The van der Waals surface area contributed by atoms with Crippen LogP contribution in [0.2, 0.25) is 0 Å². The smallest absolute Gasteiger partial charge is 0.120 e. The molecule has 0 heterocycles. The van der Waals surface area contributed by atoms with Crippen LogP contribution >= 0.6 is 0 Å². The average molecular weight is 404 g/mol. The Balaban J connectivity index is 0.000000232. The monoisotopic (exact) mass is 403 g/mol. The van der Waals surface area contributed by atoms with Crippen LogP contribution in [0.4, 0.5) is 5.69 Å². The molecule has 0 spiro atoms. The van der Waals surface area contributed by atoms with Crippen molar-refractivity contribution in [2.45, 2.75) is 59.0 Å². The van der Waals surface area contributed by atoms with Crippen LogP contribution in [-0.2, 0) is 17.4 Å². The number of benzene rings is 3. The Morgan fingerprint density at radius 2 is 1.33 bits per heavy atom. The Hall–Kier alpha value is -2.74. The first-order valence-electron chi connectivity index (χ1n) is 10.7. The summed E-state index contributed by atoms with van der Waals surface area (Å²) in [7, 11) is 1.96. The minimum absolute atomic E-state index is 0.159. The van der Waals surface area contributed by atoms with Crippen LogP contribution in [0, 0.1) is 0 Å². The molecule has 3 rings (SSSR count). The first-order valence-corrected chi connectivity index (χ1v) is 10.7. The van der Waals surface area contributed by atoms with E-state index in [9.17, 15) is 0 Å². The van der Waals surface area contributed by atoms with Crippen molar-refractivity contribution in [1.29, 1.82) is 0 Å². The third kappa shape index (κ3) is 7.26. The van der Waals surface area contributed by atoms with Gasteiger partial charge in [-0.3, -0.25) is 0 Å². The van der Waals surface area contributed by atoms with Crippen molar-refractivity contribution in [3.8, 4) is 5.75 Å². The maximum atomic E-state index is 5.83. The number of rotatable bonds is 4. The molecule has 0 saturated carbocycles. The van der Waals surface area contributed by atoms with Crippen LogP contribution in [0.25, 0.3) is 0 Å². The second-order valence-electron chi connectivity index (χ2n) is 9.60. The van der Waals surface area contributed by atoms with Gasteiger partial charge in [0.15, 0.2) is 0 Å². The number of hydrogen-bond donors (Lipinski definition) is 1. The standard InChI is InChI=1S/C17H20O.C11H17N/c1-17(2,3)15-10-7-11-16(12-15)18-13-14-8-5-4-6-9-14;1-11(2,3)9-7-5-6-8-10(9)12-4/h4-12H,13H2,1-3H3;5-8,12H,1-4H3. The van der Waals surface area contributed by atoms with Gasteiger partial charge in [0.25, 0.3) is 0 Å². The fourth-order valence-corrected chi connectivity index (χ4v) is 3.15. The second kappa shape index (κ2) is 10.3. The summed E-state index contributed by atoms with van der Waals surface area (Å²) in [6.45, 7) is 13.9. The van der Waals surface area contributed by atoms with Crippen LogP contribution in [0.3, 0.4) is 0 Å². The highest BCUT2D eigenvalue weighted by Gasteiger charge is 2.16. The van der Waals surface area contributed by atoms with Crippen molar-refractivity contribution in [3.05, 3.63) is 95.6 Å². The first-order chi connectivity index (χ1) is 14.1. The molecule has 0 unspecified atom stereocenters. The van der Waals surface area contributed by atoms with E-state index < -0.39 is 0 Å². The van der Waals surface area contributed by atoms with Crippen molar-refractivity contribution in [3.63, 3.8) is 0 Å². The van der Waals surface area contributed by atoms with Crippen molar-refractivity contribution in [1.82, 2.24) is 0 Å². The second-order valence-corrected chi connectivity index (χ2v) is 9.60. The van der Waals surface area contributed by atoms with Gasteiger partial charge >= 0.3 is 0 Å². The molecule has 30 heavy (non-hydrogen) atoms. The Kier molecular flexibility index (Phi) is 8.11. The Labute approximate surface area is 183 Å². The molecule has 1 N–H and O–H groups in total. The molecule has 0 radical (unpaired) electrons. The molecule has 3 aromatic rings. The van der Waals surface area contributed by atoms with Crippen molar-refractivity contribution >= 4 is 5.69 Å². The molecule has 160 valence electrons. The Morgan fingerprint density at radius 3 is 1.90 bits per heavy atom. The third-order valence-electron chi connectivity index (χ3n) is 4.95. The van der Waals surface area contributed by atoms with Gasteiger partial charge in [0.1, 0.15) is 12.4 Å².